The van der Waals surface area contributed by atoms with Crippen molar-refractivity contribution in [3.8, 4) is 5.75 Å². The van der Waals surface area contributed by atoms with Crippen LogP contribution in [0.25, 0.3) is 0 Å². The maximum absolute atomic E-state index is 13.1. The van der Waals surface area contributed by atoms with E-state index in [0.29, 0.717) is 29.6 Å². The van der Waals surface area contributed by atoms with Crippen LogP contribution in [0, 0.1) is 11.3 Å². The molecule has 6 nitrogen and oxygen atoms in total. The summed E-state index contributed by atoms with van der Waals surface area (Å²) in [5.41, 5.74) is 1.44. The van der Waals surface area contributed by atoms with Crippen LogP contribution in [0.4, 0.5) is 21.9 Å². The van der Waals surface area contributed by atoms with Crippen molar-refractivity contribution in [1.29, 1.82) is 0 Å². The second kappa shape index (κ2) is 8.55. The standard InChI is InChI=1S/C23H29N3O3/c1-16(2)12-13-26-19-11-10-18(14-20(19)29-15-23(3,4)21(26)27)25-22(28)24-17-8-6-5-7-9-17/h5-11,14,16H,12-13,15H2,1-4H3,(H2,24,25,28). The van der Waals surface area contributed by atoms with E-state index in [-0.39, 0.29) is 18.5 Å². The predicted molar refractivity (Wildman–Crippen MR) is 117 cm³/mol. The summed E-state index contributed by atoms with van der Waals surface area (Å²) < 4.78 is 5.98. The lowest BCUT2D eigenvalue weighted by Crippen LogP contribution is -2.42. The average Bonchev–Trinajstić information content (AvgIpc) is 2.76. The molecule has 2 N–H and O–H groups in total. The van der Waals surface area contributed by atoms with Crippen molar-refractivity contribution in [3.05, 3.63) is 48.5 Å². The number of nitrogens with zero attached hydrogens (tertiary/aromatic N) is 1. The number of anilines is 3. The summed E-state index contributed by atoms with van der Waals surface area (Å²) in [4.78, 5) is 27.2. The van der Waals surface area contributed by atoms with Crippen LogP contribution in [0.5, 0.6) is 5.75 Å². The third-order valence-corrected chi connectivity index (χ3v) is 4.88. The minimum absolute atomic E-state index is 0.0550. The molecule has 154 valence electrons. The number of benzene rings is 2. The van der Waals surface area contributed by atoms with E-state index >= 15 is 0 Å². The molecule has 0 atom stereocenters. The maximum atomic E-state index is 13.1. The Labute approximate surface area is 172 Å². The molecule has 1 aliphatic rings. The van der Waals surface area contributed by atoms with Gasteiger partial charge in [-0.2, -0.15) is 0 Å². The van der Waals surface area contributed by atoms with Crippen LogP contribution in [0.2, 0.25) is 0 Å². The molecule has 0 saturated heterocycles. The van der Waals surface area contributed by atoms with Crippen LogP contribution in [-0.2, 0) is 4.79 Å². The normalized spacial score (nSPS) is 15.3. The van der Waals surface area contributed by atoms with E-state index in [1.54, 1.807) is 12.1 Å². The van der Waals surface area contributed by atoms with Crippen molar-refractivity contribution in [3.63, 3.8) is 0 Å². The molecule has 2 aromatic carbocycles. The fourth-order valence-corrected chi connectivity index (χ4v) is 3.15. The van der Waals surface area contributed by atoms with Crippen LogP contribution in [0.1, 0.15) is 34.1 Å². The molecule has 0 saturated carbocycles. The summed E-state index contributed by atoms with van der Waals surface area (Å²) in [6, 6.07) is 14.3. The monoisotopic (exact) mass is 395 g/mol. The van der Waals surface area contributed by atoms with Crippen molar-refractivity contribution in [2.45, 2.75) is 34.1 Å². The van der Waals surface area contributed by atoms with Gasteiger partial charge in [-0.25, -0.2) is 4.79 Å². The number of hydrogen-bond acceptors (Lipinski definition) is 3. The van der Waals surface area contributed by atoms with Gasteiger partial charge < -0.3 is 20.3 Å². The molecule has 29 heavy (non-hydrogen) atoms. The molecule has 0 radical (unpaired) electrons. The summed E-state index contributed by atoms with van der Waals surface area (Å²) in [6.07, 6.45) is 0.904. The maximum Gasteiger partial charge on any atom is 0.323 e. The first-order valence-corrected chi connectivity index (χ1v) is 9.98. The van der Waals surface area contributed by atoms with E-state index < -0.39 is 5.41 Å². The molecule has 0 spiro atoms. The molecular formula is C23H29N3O3. The topological polar surface area (TPSA) is 70.7 Å². The van der Waals surface area contributed by atoms with Gasteiger partial charge in [-0.1, -0.05) is 32.0 Å². The van der Waals surface area contributed by atoms with E-state index in [0.717, 1.165) is 12.1 Å². The highest BCUT2D eigenvalue weighted by Gasteiger charge is 2.37. The average molecular weight is 396 g/mol. The molecule has 3 amide bonds. The third-order valence-electron chi connectivity index (χ3n) is 4.88. The Morgan fingerprint density at radius 1 is 1.10 bits per heavy atom. The number of carbonyl (C=O) groups is 2. The number of carbonyl (C=O) groups excluding carboxylic acids is 2. The number of fused-ring (bicyclic) bond motifs is 1. The second-order valence-corrected chi connectivity index (χ2v) is 8.44. The lowest BCUT2D eigenvalue weighted by atomic mass is 9.92. The van der Waals surface area contributed by atoms with Crippen molar-refractivity contribution < 1.29 is 14.3 Å². The van der Waals surface area contributed by atoms with Crippen molar-refractivity contribution in [2.75, 3.05) is 28.7 Å². The molecule has 0 unspecified atom stereocenters. The van der Waals surface area contributed by atoms with Gasteiger partial charge in [0.2, 0.25) is 5.91 Å². The lowest BCUT2D eigenvalue weighted by Gasteiger charge is -2.28. The Balaban J connectivity index is 1.80. The fraction of sp³-hybridized carbons (Fsp3) is 0.391. The van der Waals surface area contributed by atoms with Crippen LogP contribution in [-0.4, -0.2) is 25.1 Å². The van der Waals surface area contributed by atoms with E-state index in [2.05, 4.69) is 24.5 Å². The number of nitrogens with one attached hydrogen (secondary N) is 2. The molecule has 3 rings (SSSR count). The van der Waals surface area contributed by atoms with Gasteiger partial charge >= 0.3 is 6.03 Å². The highest BCUT2D eigenvalue weighted by molar-refractivity contribution is 6.02. The highest BCUT2D eigenvalue weighted by Crippen LogP contribution is 2.38. The third kappa shape index (κ3) is 5.08. The number of amides is 3. The van der Waals surface area contributed by atoms with Gasteiger partial charge in [-0.05, 0) is 50.5 Å². The molecule has 6 heteroatoms. The fourth-order valence-electron chi connectivity index (χ4n) is 3.15. The molecule has 1 aliphatic heterocycles. The zero-order chi connectivity index (χ0) is 21.0. The van der Waals surface area contributed by atoms with Crippen molar-refractivity contribution in [1.82, 2.24) is 0 Å². The summed E-state index contributed by atoms with van der Waals surface area (Å²) in [6.45, 7) is 9.01. The molecule has 0 aromatic heterocycles. The van der Waals surface area contributed by atoms with Crippen molar-refractivity contribution >= 4 is 29.0 Å². The highest BCUT2D eigenvalue weighted by atomic mass is 16.5. The zero-order valence-electron chi connectivity index (χ0n) is 17.5. The first-order valence-electron chi connectivity index (χ1n) is 9.98. The van der Waals surface area contributed by atoms with Crippen molar-refractivity contribution in [2.24, 2.45) is 11.3 Å². The number of urea groups is 1. The van der Waals surface area contributed by atoms with E-state index in [4.69, 9.17) is 4.74 Å². The van der Waals surface area contributed by atoms with E-state index in [9.17, 15) is 9.59 Å². The summed E-state index contributed by atoms with van der Waals surface area (Å²) in [5.74, 6) is 1.14. The van der Waals surface area contributed by atoms with Gasteiger partial charge in [-0.3, -0.25) is 4.79 Å². The van der Waals surface area contributed by atoms with Gasteiger partial charge in [0.1, 0.15) is 12.4 Å². The van der Waals surface area contributed by atoms with Gasteiger partial charge in [0.25, 0.3) is 0 Å². The SMILES string of the molecule is CC(C)CCN1C(=O)C(C)(C)COc2cc(NC(=O)Nc3ccccc3)ccc21. The summed E-state index contributed by atoms with van der Waals surface area (Å²) in [7, 11) is 0. The summed E-state index contributed by atoms with van der Waals surface area (Å²) in [5, 5.41) is 5.61. The van der Waals surface area contributed by atoms with Gasteiger partial charge in [-0.15, -0.1) is 0 Å². The minimum atomic E-state index is -0.617. The molecule has 2 aromatic rings. The first-order chi connectivity index (χ1) is 13.8. The molecule has 0 fully saturated rings. The lowest BCUT2D eigenvalue weighted by molar-refractivity contribution is -0.127. The molecule has 0 bridgehead atoms. The Bertz CT molecular complexity index is 878. The zero-order valence-corrected chi connectivity index (χ0v) is 17.5. The minimum Gasteiger partial charge on any atom is -0.490 e. The quantitative estimate of drug-likeness (QED) is 0.737. The number of ether oxygens (including phenoxy) is 1. The van der Waals surface area contributed by atoms with Gasteiger partial charge in [0.05, 0.1) is 11.1 Å². The molecular weight excluding hydrogens is 366 g/mol. The Morgan fingerprint density at radius 2 is 1.79 bits per heavy atom. The smallest absolute Gasteiger partial charge is 0.323 e. The van der Waals surface area contributed by atoms with Crippen LogP contribution >= 0.6 is 0 Å². The number of rotatable bonds is 5. The Hall–Kier alpha value is -3.02. The van der Waals surface area contributed by atoms with Crippen LogP contribution in [0.15, 0.2) is 48.5 Å². The predicted octanol–water partition coefficient (Wildman–Crippen LogP) is 5.13. The largest absolute Gasteiger partial charge is 0.490 e. The number of hydrogen-bond donors (Lipinski definition) is 2. The van der Waals surface area contributed by atoms with Crippen LogP contribution in [0.3, 0.4) is 0 Å². The van der Waals surface area contributed by atoms with E-state index in [1.165, 1.54) is 0 Å². The van der Waals surface area contributed by atoms with Gasteiger partial charge in [0.15, 0.2) is 0 Å². The number of para-hydroxylation sites is 1. The Kier molecular flexibility index (Phi) is 6.11. The van der Waals surface area contributed by atoms with Crippen LogP contribution < -0.4 is 20.3 Å². The second-order valence-electron chi connectivity index (χ2n) is 8.44. The molecule has 1 heterocycles. The summed E-state index contributed by atoms with van der Waals surface area (Å²) >= 11 is 0. The Morgan fingerprint density at radius 3 is 2.48 bits per heavy atom. The first kappa shape index (κ1) is 20.7. The molecule has 0 aliphatic carbocycles. The van der Waals surface area contributed by atoms with Gasteiger partial charge in [0, 0.05) is 24.0 Å². The van der Waals surface area contributed by atoms with E-state index in [1.807, 2.05) is 55.1 Å².